The van der Waals surface area contributed by atoms with Crippen molar-refractivity contribution >= 4 is 15.2 Å². The van der Waals surface area contributed by atoms with Crippen LogP contribution < -0.4 is 0 Å². The molecule has 0 aliphatic carbocycles. The van der Waals surface area contributed by atoms with Crippen molar-refractivity contribution in [2.24, 2.45) is 0 Å². The molecule has 0 radical (unpaired) electrons. The minimum atomic E-state index is -4.87. The molecule has 0 fully saturated rings. The molecule has 1 heterocycles. The SMILES string of the molecule is Cc1nccn1CC(P(=O)(O)O)P(=O)(O)O. The van der Waals surface area contributed by atoms with E-state index in [0.29, 0.717) is 5.82 Å². The minimum absolute atomic E-state index is 0.423. The van der Waals surface area contributed by atoms with Crippen molar-refractivity contribution in [3.8, 4) is 0 Å². The zero-order valence-electron chi connectivity index (χ0n) is 8.33. The summed E-state index contributed by atoms with van der Waals surface area (Å²) in [5, 5.41) is -2.03. The van der Waals surface area contributed by atoms with Crippen LogP contribution in [0.2, 0.25) is 0 Å². The van der Waals surface area contributed by atoms with E-state index in [-0.39, 0.29) is 0 Å². The van der Waals surface area contributed by atoms with E-state index in [2.05, 4.69) is 4.98 Å². The van der Waals surface area contributed by atoms with Gasteiger partial charge in [0.2, 0.25) is 0 Å². The van der Waals surface area contributed by atoms with Gasteiger partial charge in [-0.3, -0.25) is 9.13 Å². The number of hydrogen-bond donors (Lipinski definition) is 4. The van der Waals surface area contributed by atoms with Gasteiger partial charge < -0.3 is 24.1 Å². The quantitative estimate of drug-likeness (QED) is 0.560. The molecule has 0 unspecified atom stereocenters. The summed E-state index contributed by atoms with van der Waals surface area (Å²) in [4.78, 5) is 39.3. The predicted octanol–water partition coefficient (Wildman–Crippen LogP) is -0.127. The number of aromatic nitrogens is 2. The average molecular weight is 270 g/mol. The molecule has 1 aromatic rings. The fraction of sp³-hybridized carbons (Fsp3) is 0.500. The first-order valence-electron chi connectivity index (χ1n) is 4.20. The topological polar surface area (TPSA) is 133 Å². The van der Waals surface area contributed by atoms with Crippen molar-refractivity contribution in [2.75, 3.05) is 0 Å². The van der Waals surface area contributed by atoms with Crippen molar-refractivity contribution in [1.29, 1.82) is 0 Å². The van der Waals surface area contributed by atoms with Crippen LogP contribution in [0.1, 0.15) is 5.82 Å². The smallest absolute Gasteiger partial charge is 0.334 e. The molecule has 10 heteroatoms. The van der Waals surface area contributed by atoms with Gasteiger partial charge in [-0.2, -0.15) is 0 Å². The zero-order chi connectivity index (χ0) is 12.6. The van der Waals surface area contributed by atoms with E-state index >= 15 is 0 Å². The highest BCUT2D eigenvalue weighted by atomic mass is 31.2. The molecule has 0 bridgehead atoms. The first-order chi connectivity index (χ1) is 7.12. The second-order valence-electron chi connectivity index (χ2n) is 3.29. The third-order valence-electron chi connectivity index (χ3n) is 2.06. The molecular weight excluding hydrogens is 258 g/mol. The summed E-state index contributed by atoms with van der Waals surface area (Å²) in [5.41, 5.74) is 0. The second kappa shape index (κ2) is 4.41. The van der Waals surface area contributed by atoms with Crippen LogP contribution in [0.4, 0.5) is 0 Å². The van der Waals surface area contributed by atoms with Gasteiger partial charge in [0.05, 0.1) is 0 Å². The van der Waals surface area contributed by atoms with Crippen molar-refractivity contribution < 1.29 is 28.7 Å². The highest BCUT2D eigenvalue weighted by Crippen LogP contribution is 2.60. The molecule has 0 spiro atoms. The van der Waals surface area contributed by atoms with Gasteiger partial charge in [0.25, 0.3) is 0 Å². The summed E-state index contributed by atoms with van der Waals surface area (Å²) in [6.45, 7) is 1.09. The van der Waals surface area contributed by atoms with Crippen LogP contribution in [-0.4, -0.2) is 34.5 Å². The lowest BCUT2D eigenvalue weighted by molar-refractivity contribution is 0.331. The molecule has 4 N–H and O–H groups in total. The Morgan fingerprint density at radius 2 is 1.81 bits per heavy atom. The van der Waals surface area contributed by atoms with Crippen LogP contribution in [0.5, 0.6) is 0 Å². The van der Waals surface area contributed by atoms with E-state index in [4.69, 9.17) is 19.6 Å². The van der Waals surface area contributed by atoms with Crippen LogP contribution in [0.25, 0.3) is 0 Å². The lowest BCUT2D eigenvalue weighted by Crippen LogP contribution is -2.17. The molecule has 1 aromatic heterocycles. The summed E-state index contributed by atoms with van der Waals surface area (Å²) >= 11 is 0. The molecule has 0 amide bonds. The van der Waals surface area contributed by atoms with Gasteiger partial charge in [0, 0.05) is 18.9 Å². The van der Waals surface area contributed by atoms with E-state index in [9.17, 15) is 9.13 Å². The first-order valence-corrected chi connectivity index (χ1v) is 7.57. The van der Waals surface area contributed by atoms with Crippen LogP contribution in [0, 0.1) is 6.92 Å². The minimum Gasteiger partial charge on any atom is -0.334 e. The third-order valence-corrected chi connectivity index (χ3v) is 5.74. The summed E-state index contributed by atoms with van der Waals surface area (Å²) in [5.74, 6) is 0.423. The van der Waals surface area contributed by atoms with Crippen LogP contribution in [0.15, 0.2) is 12.4 Å². The summed E-state index contributed by atoms with van der Waals surface area (Å²) in [7, 11) is -9.74. The highest BCUT2D eigenvalue weighted by molar-refractivity contribution is 7.70. The molecular formula is C6H12N2O6P2. The van der Waals surface area contributed by atoms with Crippen molar-refractivity contribution in [1.82, 2.24) is 9.55 Å². The van der Waals surface area contributed by atoms with Crippen molar-refractivity contribution in [3.05, 3.63) is 18.2 Å². The number of nitrogens with zero attached hydrogens (tertiary/aromatic N) is 2. The van der Waals surface area contributed by atoms with E-state index in [0.717, 1.165) is 0 Å². The molecule has 0 aliphatic rings. The number of hydrogen-bond acceptors (Lipinski definition) is 3. The van der Waals surface area contributed by atoms with Gasteiger partial charge in [-0.25, -0.2) is 4.98 Å². The summed E-state index contributed by atoms with van der Waals surface area (Å²) in [6, 6.07) is 0. The molecule has 0 atom stereocenters. The van der Waals surface area contributed by atoms with Gasteiger partial charge in [-0.1, -0.05) is 0 Å². The molecule has 0 aliphatic heterocycles. The Hall–Kier alpha value is -0.490. The predicted molar refractivity (Wildman–Crippen MR) is 54.8 cm³/mol. The van der Waals surface area contributed by atoms with Crippen molar-refractivity contribution in [3.63, 3.8) is 0 Å². The maximum Gasteiger partial charge on any atom is 0.342 e. The Morgan fingerprint density at radius 1 is 1.31 bits per heavy atom. The van der Waals surface area contributed by atoms with Gasteiger partial charge >= 0.3 is 15.2 Å². The second-order valence-corrected chi connectivity index (χ2v) is 7.30. The molecule has 1 rings (SSSR count). The monoisotopic (exact) mass is 270 g/mol. The van der Waals surface area contributed by atoms with E-state index in [1.807, 2.05) is 0 Å². The number of imidazole rings is 1. The van der Waals surface area contributed by atoms with E-state index < -0.39 is 27.1 Å². The average Bonchev–Trinajstić information content (AvgIpc) is 2.42. The third kappa shape index (κ3) is 3.25. The molecule has 16 heavy (non-hydrogen) atoms. The maximum atomic E-state index is 11.0. The van der Waals surface area contributed by atoms with Gasteiger partial charge in [-0.05, 0) is 6.92 Å². The molecule has 0 saturated heterocycles. The highest BCUT2D eigenvalue weighted by Gasteiger charge is 2.43. The number of aryl methyl sites for hydroxylation is 1. The normalized spacial score (nSPS) is 13.4. The largest absolute Gasteiger partial charge is 0.342 e. The number of rotatable bonds is 4. The first kappa shape index (κ1) is 13.6. The lowest BCUT2D eigenvalue weighted by Gasteiger charge is -2.20. The van der Waals surface area contributed by atoms with Gasteiger partial charge in [-0.15, -0.1) is 0 Å². The van der Waals surface area contributed by atoms with E-state index in [1.165, 1.54) is 17.0 Å². The Morgan fingerprint density at radius 3 is 2.12 bits per heavy atom. The molecule has 8 nitrogen and oxygen atoms in total. The van der Waals surface area contributed by atoms with Crippen LogP contribution in [0.3, 0.4) is 0 Å². The van der Waals surface area contributed by atoms with Crippen LogP contribution >= 0.6 is 15.2 Å². The lowest BCUT2D eigenvalue weighted by atomic mass is 10.6. The van der Waals surface area contributed by atoms with Crippen molar-refractivity contribution in [2.45, 2.75) is 18.9 Å². The Kier molecular flexibility index (Phi) is 3.74. The Bertz CT molecular complexity index is 437. The summed E-state index contributed by atoms with van der Waals surface area (Å²) < 4.78 is 23.2. The fourth-order valence-electron chi connectivity index (χ4n) is 1.18. The molecule has 0 saturated carbocycles. The molecule has 92 valence electrons. The summed E-state index contributed by atoms with van der Waals surface area (Å²) in [6.07, 6.45) is 2.78. The fourth-order valence-corrected chi connectivity index (χ4v) is 3.53. The Balaban J connectivity index is 3.03. The van der Waals surface area contributed by atoms with Crippen LogP contribution in [-0.2, 0) is 15.7 Å². The zero-order valence-corrected chi connectivity index (χ0v) is 10.1. The molecule has 0 aromatic carbocycles. The standard InChI is InChI=1S/C6H12N2O6P2/c1-5-7-2-3-8(5)4-6(15(9,10)11)16(12,13)14/h2-3,6H,4H2,1H3,(H2,9,10,11)(H2,12,13,14). The van der Waals surface area contributed by atoms with E-state index in [1.54, 1.807) is 6.92 Å². The Labute approximate surface area is 91.3 Å². The van der Waals surface area contributed by atoms with Gasteiger partial charge in [0.15, 0.2) is 5.40 Å². The maximum absolute atomic E-state index is 11.0. The van der Waals surface area contributed by atoms with Gasteiger partial charge in [0.1, 0.15) is 5.82 Å².